The molecule has 2 rings (SSSR count). The smallest absolute Gasteiger partial charge is 0.142 e. The maximum atomic E-state index is 10.4. The standard InChI is InChI=1S/C18H30N2O2/c1-2-13-22-18-8-7-15(14-16(18)19)17(21)9-12-20-10-5-3-4-6-11-20/h7-8,14,17,21H,2-6,9-13,19H2,1H3. The number of hydrogen-bond acceptors (Lipinski definition) is 4. The van der Waals surface area contributed by atoms with Gasteiger partial charge in [-0.3, -0.25) is 0 Å². The van der Waals surface area contributed by atoms with E-state index >= 15 is 0 Å². The van der Waals surface area contributed by atoms with Crippen LogP contribution < -0.4 is 10.5 Å². The predicted molar refractivity (Wildman–Crippen MR) is 91.1 cm³/mol. The van der Waals surface area contributed by atoms with Crippen molar-refractivity contribution in [3.63, 3.8) is 0 Å². The lowest BCUT2D eigenvalue weighted by Gasteiger charge is -2.22. The fraction of sp³-hybridized carbons (Fsp3) is 0.667. The first-order chi connectivity index (χ1) is 10.7. The Morgan fingerprint density at radius 2 is 1.95 bits per heavy atom. The monoisotopic (exact) mass is 306 g/mol. The van der Waals surface area contributed by atoms with Crippen LogP contribution in [0.25, 0.3) is 0 Å². The van der Waals surface area contributed by atoms with Crippen LogP contribution in [0.2, 0.25) is 0 Å². The van der Waals surface area contributed by atoms with E-state index in [2.05, 4.69) is 11.8 Å². The van der Waals surface area contributed by atoms with Gasteiger partial charge in [-0.2, -0.15) is 0 Å². The lowest BCUT2D eigenvalue weighted by atomic mass is 10.1. The molecule has 3 N–H and O–H groups in total. The molecule has 1 saturated heterocycles. The number of anilines is 1. The number of aliphatic hydroxyl groups excluding tert-OH is 1. The van der Waals surface area contributed by atoms with E-state index in [-0.39, 0.29) is 0 Å². The second-order valence-corrected chi connectivity index (χ2v) is 6.21. The van der Waals surface area contributed by atoms with Crippen molar-refractivity contribution in [2.75, 3.05) is 32.0 Å². The van der Waals surface area contributed by atoms with Gasteiger partial charge in [-0.25, -0.2) is 0 Å². The zero-order chi connectivity index (χ0) is 15.8. The Labute approximate surface area is 134 Å². The summed E-state index contributed by atoms with van der Waals surface area (Å²) in [4.78, 5) is 2.47. The van der Waals surface area contributed by atoms with Crippen LogP contribution in [0.1, 0.15) is 57.1 Å². The third-order valence-corrected chi connectivity index (χ3v) is 4.30. The molecule has 22 heavy (non-hydrogen) atoms. The number of hydrogen-bond donors (Lipinski definition) is 2. The molecule has 1 aliphatic heterocycles. The van der Waals surface area contributed by atoms with E-state index in [4.69, 9.17) is 10.5 Å². The summed E-state index contributed by atoms with van der Waals surface area (Å²) < 4.78 is 5.57. The second-order valence-electron chi connectivity index (χ2n) is 6.21. The molecule has 0 spiro atoms. The number of ether oxygens (including phenoxy) is 1. The lowest BCUT2D eigenvalue weighted by Crippen LogP contribution is -2.26. The highest BCUT2D eigenvalue weighted by Crippen LogP contribution is 2.27. The van der Waals surface area contributed by atoms with Gasteiger partial charge in [-0.1, -0.05) is 25.8 Å². The Morgan fingerprint density at radius 1 is 1.23 bits per heavy atom. The molecule has 124 valence electrons. The Kier molecular flexibility index (Phi) is 7.00. The van der Waals surface area contributed by atoms with Gasteiger partial charge < -0.3 is 20.5 Å². The van der Waals surface area contributed by atoms with Crippen molar-refractivity contribution >= 4 is 5.69 Å². The molecule has 1 fully saturated rings. The molecule has 0 amide bonds. The van der Waals surface area contributed by atoms with Gasteiger partial charge >= 0.3 is 0 Å². The van der Waals surface area contributed by atoms with Gasteiger partial charge in [0, 0.05) is 6.54 Å². The first-order valence-corrected chi connectivity index (χ1v) is 8.63. The van der Waals surface area contributed by atoms with Crippen LogP contribution in [0.5, 0.6) is 5.75 Å². The quantitative estimate of drug-likeness (QED) is 0.758. The van der Waals surface area contributed by atoms with Crippen LogP contribution in [0.4, 0.5) is 5.69 Å². The normalized spacial score (nSPS) is 17.9. The highest BCUT2D eigenvalue weighted by molar-refractivity contribution is 5.54. The lowest BCUT2D eigenvalue weighted by molar-refractivity contribution is 0.143. The van der Waals surface area contributed by atoms with Crippen LogP contribution >= 0.6 is 0 Å². The average molecular weight is 306 g/mol. The average Bonchev–Trinajstić information content (AvgIpc) is 2.80. The number of nitrogens with two attached hydrogens (primary N) is 1. The maximum Gasteiger partial charge on any atom is 0.142 e. The number of aliphatic hydroxyl groups is 1. The Morgan fingerprint density at radius 3 is 2.59 bits per heavy atom. The SMILES string of the molecule is CCCOc1ccc(C(O)CCN2CCCCCC2)cc1N. The van der Waals surface area contributed by atoms with Gasteiger partial charge in [-0.15, -0.1) is 0 Å². The summed E-state index contributed by atoms with van der Waals surface area (Å²) >= 11 is 0. The van der Waals surface area contributed by atoms with E-state index in [1.165, 1.54) is 38.8 Å². The summed E-state index contributed by atoms with van der Waals surface area (Å²) in [5.74, 6) is 0.713. The highest BCUT2D eigenvalue weighted by atomic mass is 16.5. The van der Waals surface area contributed by atoms with Crippen molar-refractivity contribution in [2.45, 2.75) is 51.6 Å². The molecule has 1 unspecified atom stereocenters. The van der Waals surface area contributed by atoms with Crippen LogP contribution in [-0.2, 0) is 0 Å². The number of likely N-dealkylation sites (tertiary alicyclic amines) is 1. The zero-order valence-corrected chi connectivity index (χ0v) is 13.8. The summed E-state index contributed by atoms with van der Waals surface area (Å²) in [7, 11) is 0. The Bertz CT molecular complexity index is 443. The number of nitrogen functional groups attached to an aromatic ring is 1. The van der Waals surface area contributed by atoms with E-state index in [1.807, 2.05) is 18.2 Å². The molecule has 0 aromatic heterocycles. The Balaban J connectivity index is 1.86. The highest BCUT2D eigenvalue weighted by Gasteiger charge is 2.14. The van der Waals surface area contributed by atoms with Gasteiger partial charge in [0.05, 0.1) is 18.4 Å². The molecule has 0 saturated carbocycles. The van der Waals surface area contributed by atoms with Gasteiger partial charge in [0.15, 0.2) is 0 Å². The zero-order valence-electron chi connectivity index (χ0n) is 13.8. The third kappa shape index (κ3) is 5.18. The third-order valence-electron chi connectivity index (χ3n) is 4.30. The first kappa shape index (κ1) is 17.1. The molecule has 0 aliphatic carbocycles. The summed E-state index contributed by atoms with van der Waals surface area (Å²) in [5.41, 5.74) is 7.51. The van der Waals surface area contributed by atoms with E-state index < -0.39 is 6.10 Å². The van der Waals surface area contributed by atoms with Crippen LogP contribution in [0.3, 0.4) is 0 Å². The minimum atomic E-state index is -0.453. The summed E-state index contributed by atoms with van der Waals surface area (Å²) in [5, 5.41) is 10.4. The molecule has 1 aliphatic rings. The first-order valence-electron chi connectivity index (χ1n) is 8.63. The molecule has 1 aromatic rings. The van der Waals surface area contributed by atoms with Crippen molar-refractivity contribution in [3.05, 3.63) is 23.8 Å². The number of benzene rings is 1. The van der Waals surface area contributed by atoms with Crippen molar-refractivity contribution in [1.29, 1.82) is 0 Å². The molecule has 4 heteroatoms. The van der Waals surface area contributed by atoms with E-state index in [0.29, 0.717) is 18.0 Å². The van der Waals surface area contributed by atoms with Crippen molar-refractivity contribution in [2.24, 2.45) is 0 Å². The fourth-order valence-electron chi connectivity index (χ4n) is 2.95. The summed E-state index contributed by atoms with van der Waals surface area (Å²) in [6.07, 6.45) is 6.52. The molecule has 1 aromatic carbocycles. The number of nitrogens with zero attached hydrogens (tertiary/aromatic N) is 1. The second kappa shape index (κ2) is 9.01. The predicted octanol–water partition coefficient (Wildman–Crippen LogP) is 3.36. The molecule has 0 radical (unpaired) electrons. The minimum Gasteiger partial charge on any atom is -0.491 e. The minimum absolute atomic E-state index is 0.453. The van der Waals surface area contributed by atoms with Gasteiger partial charge in [-0.05, 0) is 56.5 Å². The summed E-state index contributed by atoms with van der Waals surface area (Å²) in [6, 6.07) is 5.64. The fourth-order valence-corrected chi connectivity index (χ4v) is 2.95. The van der Waals surface area contributed by atoms with E-state index in [9.17, 15) is 5.11 Å². The molecule has 4 nitrogen and oxygen atoms in total. The van der Waals surface area contributed by atoms with Crippen LogP contribution in [0.15, 0.2) is 18.2 Å². The van der Waals surface area contributed by atoms with Crippen molar-refractivity contribution < 1.29 is 9.84 Å². The largest absolute Gasteiger partial charge is 0.491 e. The van der Waals surface area contributed by atoms with Gasteiger partial charge in [0.1, 0.15) is 5.75 Å². The van der Waals surface area contributed by atoms with Crippen LogP contribution in [0, 0.1) is 0 Å². The summed E-state index contributed by atoms with van der Waals surface area (Å²) in [6.45, 7) is 6.02. The molecular weight excluding hydrogens is 276 g/mol. The van der Waals surface area contributed by atoms with Crippen LogP contribution in [-0.4, -0.2) is 36.2 Å². The Hall–Kier alpha value is -1.26. The molecule has 1 atom stereocenters. The van der Waals surface area contributed by atoms with Crippen molar-refractivity contribution in [3.8, 4) is 5.75 Å². The number of rotatable bonds is 7. The molecule has 1 heterocycles. The molecule has 0 bridgehead atoms. The van der Waals surface area contributed by atoms with Gasteiger partial charge in [0.25, 0.3) is 0 Å². The van der Waals surface area contributed by atoms with E-state index in [0.717, 1.165) is 24.9 Å². The maximum absolute atomic E-state index is 10.4. The van der Waals surface area contributed by atoms with E-state index in [1.54, 1.807) is 0 Å². The van der Waals surface area contributed by atoms with Crippen molar-refractivity contribution in [1.82, 2.24) is 4.90 Å². The topological polar surface area (TPSA) is 58.7 Å². The van der Waals surface area contributed by atoms with Gasteiger partial charge in [0.2, 0.25) is 0 Å². The molecular formula is C18H30N2O2.